The van der Waals surface area contributed by atoms with Crippen LogP contribution < -0.4 is 14.8 Å². The molecule has 7 nitrogen and oxygen atoms in total. The van der Waals surface area contributed by atoms with Crippen molar-refractivity contribution >= 4 is 21.6 Å². The monoisotopic (exact) mass is 342 g/mol. The van der Waals surface area contributed by atoms with Gasteiger partial charge in [-0.25, -0.2) is 12.7 Å². The van der Waals surface area contributed by atoms with Gasteiger partial charge in [-0.05, 0) is 12.1 Å². The number of anilines is 1. The van der Waals surface area contributed by atoms with Gasteiger partial charge in [0.25, 0.3) is 0 Å². The molecule has 1 aliphatic rings. The molecule has 0 radical (unpaired) electrons. The highest BCUT2D eigenvalue weighted by molar-refractivity contribution is 7.89. The van der Waals surface area contributed by atoms with E-state index in [1.165, 1.54) is 4.31 Å². The van der Waals surface area contributed by atoms with Gasteiger partial charge in [0, 0.05) is 38.7 Å². The van der Waals surface area contributed by atoms with E-state index in [0.29, 0.717) is 30.3 Å². The average molecular weight is 342 g/mol. The van der Waals surface area contributed by atoms with Crippen LogP contribution in [0.2, 0.25) is 0 Å². The lowest BCUT2D eigenvalue weighted by atomic mass is 10.3. The lowest BCUT2D eigenvalue weighted by molar-refractivity contribution is -0.113. The molecule has 1 amide bonds. The molecule has 0 spiro atoms. The molecule has 23 heavy (non-hydrogen) atoms. The predicted octanol–water partition coefficient (Wildman–Crippen LogP) is 1.80. The fourth-order valence-electron chi connectivity index (χ4n) is 2.37. The van der Waals surface area contributed by atoms with E-state index in [4.69, 9.17) is 9.47 Å². The van der Waals surface area contributed by atoms with E-state index in [1.807, 2.05) is 0 Å². The van der Waals surface area contributed by atoms with Gasteiger partial charge in [-0.2, -0.15) is 0 Å². The van der Waals surface area contributed by atoms with Crippen LogP contribution in [0.5, 0.6) is 11.5 Å². The van der Waals surface area contributed by atoms with Crippen LogP contribution in [0.1, 0.15) is 27.7 Å². The second kappa shape index (κ2) is 6.37. The van der Waals surface area contributed by atoms with E-state index in [1.54, 1.807) is 45.9 Å². The Balaban J connectivity index is 2.05. The molecule has 1 heterocycles. The Bertz CT molecular complexity index is 696. The third-order valence-corrected chi connectivity index (χ3v) is 5.28. The average Bonchev–Trinajstić information content (AvgIpc) is 2.72. The zero-order chi connectivity index (χ0) is 17.3. The number of carbonyl (C=O) groups is 1. The van der Waals surface area contributed by atoms with Crippen LogP contribution in [0.15, 0.2) is 18.2 Å². The van der Waals surface area contributed by atoms with Gasteiger partial charge in [0.15, 0.2) is 11.5 Å². The van der Waals surface area contributed by atoms with Crippen molar-refractivity contribution in [2.45, 2.75) is 33.5 Å². The fourth-order valence-corrected chi connectivity index (χ4v) is 3.74. The summed E-state index contributed by atoms with van der Waals surface area (Å²) >= 11 is 0. The number of amides is 1. The minimum absolute atomic E-state index is 0.339. The summed E-state index contributed by atoms with van der Waals surface area (Å²) in [6.07, 6.45) is 0. The maximum atomic E-state index is 12.1. The Labute approximate surface area is 136 Å². The highest BCUT2D eigenvalue weighted by Gasteiger charge is 2.32. The van der Waals surface area contributed by atoms with E-state index >= 15 is 0 Å². The fraction of sp³-hybridized carbons (Fsp3) is 0.533. The second-order valence-electron chi connectivity index (χ2n) is 5.65. The zero-order valence-electron chi connectivity index (χ0n) is 13.8. The standard InChI is InChI=1S/C15H22N2O5S/c1-5-17(6-2)23(19,20)10-14(18)16-11-7-8-12-13(9-11)22-15(3,4)21-12/h7-9H,5-6,10H2,1-4H3,(H,16,18). The van der Waals surface area contributed by atoms with Crippen LogP contribution in [-0.2, 0) is 14.8 Å². The van der Waals surface area contributed by atoms with Gasteiger partial charge in [-0.1, -0.05) is 13.8 Å². The molecular formula is C15H22N2O5S. The van der Waals surface area contributed by atoms with Crippen LogP contribution in [0.25, 0.3) is 0 Å². The van der Waals surface area contributed by atoms with Crippen molar-refractivity contribution in [2.24, 2.45) is 0 Å². The molecule has 0 saturated carbocycles. The van der Waals surface area contributed by atoms with Crippen LogP contribution >= 0.6 is 0 Å². The quantitative estimate of drug-likeness (QED) is 0.852. The number of nitrogens with one attached hydrogen (secondary N) is 1. The van der Waals surface area contributed by atoms with E-state index in [0.717, 1.165) is 0 Å². The third-order valence-electron chi connectivity index (χ3n) is 3.35. The lowest BCUT2D eigenvalue weighted by Crippen LogP contribution is -2.36. The summed E-state index contributed by atoms with van der Waals surface area (Å²) in [5.74, 6) is -0.829. The predicted molar refractivity (Wildman–Crippen MR) is 87.1 cm³/mol. The number of nitrogens with zero attached hydrogens (tertiary/aromatic N) is 1. The minimum atomic E-state index is -3.61. The highest BCUT2D eigenvalue weighted by Crippen LogP contribution is 2.40. The van der Waals surface area contributed by atoms with E-state index < -0.39 is 27.5 Å². The summed E-state index contributed by atoms with van der Waals surface area (Å²) in [6, 6.07) is 4.94. The maximum absolute atomic E-state index is 12.1. The third kappa shape index (κ3) is 4.14. The molecule has 0 fully saturated rings. The van der Waals surface area contributed by atoms with E-state index in [9.17, 15) is 13.2 Å². The Morgan fingerprint density at radius 3 is 2.39 bits per heavy atom. The smallest absolute Gasteiger partial charge is 0.246 e. The number of hydrogen-bond acceptors (Lipinski definition) is 5. The van der Waals surface area contributed by atoms with Gasteiger partial charge in [0.05, 0.1) is 0 Å². The topological polar surface area (TPSA) is 84.9 Å². The van der Waals surface area contributed by atoms with E-state index in [2.05, 4.69) is 5.32 Å². The molecule has 0 unspecified atom stereocenters. The van der Waals surface area contributed by atoms with Crippen LogP contribution in [0.3, 0.4) is 0 Å². The van der Waals surface area contributed by atoms with Gasteiger partial charge < -0.3 is 14.8 Å². The van der Waals surface area contributed by atoms with Crippen molar-refractivity contribution in [3.8, 4) is 11.5 Å². The Kier molecular flexibility index (Phi) is 4.86. The van der Waals surface area contributed by atoms with E-state index in [-0.39, 0.29) is 0 Å². The van der Waals surface area contributed by atoms with Gasteiger partial charge >= 0.3 is 0 Å². The minimum Gasteiger partial charge on any atom is -0.449 e. The molecule has 0 aliphatic carbocycles. The molecule has 0 bridgehead atoms. The molecule has 1 aromatic rings. The highest BCUT2D eigenvalue weighted by atomic mass is 32.2. The molecule has 0 aromatic heterocycles. The van der Waals surface area contributed by atoms with Crippen molar-refractivity contribution in [1.29, 1.82) is 0 Å². The maximum Gasteiger partial charge on any atom is 0.246 e. The summed E-state index contributed by atoms with van der Waals surface area (Å²) in [5.41, 5.74) is 0.463. The first-order valence-electron chi connectivity index (χ1n) is 7.46. The van der Waals surface area contributed by atoms with Crippen molar-refractivity contribution < 1.29 is 22.7 Å². The molecular weight excluding hydrogens is 320 g/mol. The normalized spacial score (nSPS) is 15.7. The zero-order valence-corrected chi connectivity index (χ0v) is 14.6. The van der Waals surface area contributed by atoms with Crippen molar-refractivity contribution in [1.82, 2.24) is 4.31 Å². The number of hydrogen-bond donors (Lipinski definition) is 1. The molecule has 8 heteroatoms. The SMILES string of the molecule is CCN(CC)S(=O)(=O)CC(=O)Nc1ccc2c(c1)OC(C)(C)O2. The summed E-state index contributed by atoms with van der Waals surface area (Å²) in [4.78, 5) is 12.0. The van der Waals surface area contributed by atoms with Crippen LogP contribution in [0, 0.1) is 0 Å². The first-order chi connectivity index (χ1) is 10.7. The Hall–Kier alpha value is -1.80. The summed E-state index contributed by atoms with van der Waals surface area (Å²) in [7, 11) is -3.61. The summed E-state index contributed by atoms with van der Waals surface area (Å²) in [6.45, 7) is 7.71. The summed E-state index contributed by atoms with van der Waals surface area (Å²) < 4.78 is 36.6. The van der Waals surface area contributed by atoms with Gasteiger partial charge in [-0.3, -0.25) is 4.79 Å². The number of rotatable bonds is 6. The van der Waals surface area contributed by atoms with Crippen molar-refractivity contribution in [3.63, 3.8) is 0 Å². The van der Waals surface area contributed by atoms with Gasteiger partial charge in [-0.15, -0.1) is 0 Å². The summed E-state index contributed by atoms with van der Waals surface area (Å²) in [5, 5.41) is 2.58. The molecule has 1 aromatic carbocycles. The van der Waals surface area contributed by atoms with Gasteiger partial charge in [0.2, 0.25) is 21.7 Å². The van der Waals surface area contributed by atoms with Crippen molar-refractivity contribution in [3.05, 3.63) is 18.2 Å². The van der Waals surface area contributed by atoms with Crippen LogP contribution in [0.4, 0.5) is 5.69 Å². The second-order valence-corrected chi connectivity index (χ2v) is 7.62. The number of carbonyl (C=O) groups excluding carboxylic acids is 1. The number of fused-ring (bicyclic) bond motifs is 1. The van der Waals surface area contributed by atoms with Crippen molar-refractivity contribution in [2.75, 3.05) is 24.2 Å². The molecule has 0 saturated heterocycles. The lowest BCUT2D eigenvalue weighted by Gasteiger charge is -2.18. The molecule has 2 rings (SSSR count). The number of benzene rings is 1. The Morgan fingerprint density at radius 1 is 1.17 bits per heavy atom. The first kappa shape index (κ1) is 17.6. The Morgan fingerprint density at radius 2 is 1.78 bits per heavy atom. The number of ether oxygens (including phenoxy) is 2. The number of sulfonamides is 1. The first-order valence-corrected chi connectivity index (χ1v) is 9.07. The van der Waals surface area contributed by atoms with Gasteiger partial charge in [0.1, 0.15) is 5.75 Å². The molecule has 1 N–H and O–H groups in total. The molecule has 128 valence electrons. The largest absolute Gasteiger partial charge is 0.449 e. The molecule has 1 aliphatic heterocycles. The van der Waals surface area contributed by atoms with Crippen LogP contribution in [-0.4, -0.2) is 43.3 Å². The molecule has 0 atom stereocenters.